The molecule has 4 bridgehead atoms. The number of esters is 1. The Labute approximate surface area is 205 Å². The van der Waals surface area contributed by atoms with Crippen LogP contribution in [0.25, 0.3) is 10.9 Å². The Morgan fingerprint density at radius 1 is 1.14 bits per heavy atom. The molecule has 186 valence electrons. The lowest BCUT2D eigenvalue weighted by Crippen LogP contribution is -2.48. The summed E-state index contributed by atoms with van der Waals surface area (Å²) < 4.78 is 4.93. The molecule has 0 radical (unpaired) electrons. The van der Waals surface area contributed by atoms with Gasteiger partial charge in [-0.05, 0) is 92.2 Å². The van der Waals surface area contributed by atoms with Gasteiger partial charge in [0.15, 0.2) is 5.96 Å². The predicted molar refractivity (Wildman–Crippen MR) is 135 cm³/mol. The van der Waals surface area contributed by atoms with E-state index < -0.39 is 12.0 Å². The second-order valence-electron chi connectivity index (χ2n) is 10.8. The lowest BCUT2D eigenvalue weighted by Gasteiger charge is -2.57. The van der Waals surface area contributed by atoms with Crippen LogP contribution in [0.4, 0.5) is 0 Å². The van der Waals surface area contributed by atoms with Crippen LogP contribution >= 0.6 is 0 Å². The second kappa shape index (κ2) is 9.47. The number of hydrogen-bond donors (Lipinski definition) is 3. The molecule has 4 fully saturated rings. The fraction of sp³-hybridized carbons (Fsp3) is 0.556. The number of ether oxygens (including phenoxy) is 1. The van der Waals surface area contributed by atoms with Crippen LogP contribution in [0.15, 0.2) is 35.3 Å². The molecule has 4 aliphatic carbocycles. The Bertz CT molecular complexity index is 1120. The molecule has 1 aromatic carbocycles. The third-order valence-electron chi connectivity index (χ3n) is 8.29. The molecule has 4 saturated carbocycles. The lowest BCUT2D eigenvalue weighted by molar-refractivity contribution is -0.143. The van der Waals surface area contributed by atoms with E-state index in [0.29, 0.717) is 25.1 Å². The highest BCUT2D eigenvalue weighted by Crippen LogP contribution is 2.61. The number of guanidine groups is 1. The largest absolute Gasteiger partial charge is 0.467 e. The van der Waals surface area contributed by atoms with E-state index in [2.05, 4.69) is 22.4 Å². The number of carbonyl (C=O) groups is 2. The van der Waals surface area contributed by atoms with Gasteiger partial charge in [-0.3, -0.25) is 9.79 Å². The highest BCUT2D eigenvalue weighted by atomic mass is 16.5. The first-order valence-electron chi connectivity index (χ1n) is 12.7. The smallest absolute Gasteiger partial charge is 0.328 e. The van der Waals surface area contributed by atoms with Crippen molar-refractivity contribution in [3.8, 4) is 0 Å². The van der Waals surface area contributed by atoms with Crippen molar-refractivity contribution in [1.82, 2.24) is 10.3 Å². The van der Waals surface area contributed by atoms with Gasteiger partial charge in [-0.15, -0.1) is 0 Å². The van der Waals surface area contributed by atoms with Gasteiger partial charge in [0.2, 0.25) is 0 Å². The number of nitrogens with one attached hydrogen (secondary N) is 1. The van der Waals surface area contributed by atoms with E-state index >= 15 is 0 Å². The standard InChI is InChI=1S/C27H35N5O3/c1-35-25(34)22(7-4-8-30-26(28)29)32-24(33)23-12-20(19-5-2-3-6-21(19)31-23)27-13-16-9-17(14-27)11-18(10-16)15-27/h2-3,5-6,12,16-18,22H,4,7-11,13-15H2,1H3,(H,32,33)(H4,28,29,30)/t16?,17?,18?,22-,27?/m0/s1. The zero-order valence-electron chi connectivity index (χ0n) is 20.3. The third-order valence-corrected chi connectivity index (χ3v) is 8.29. The van der Waals surface area contributed by atoms with E-state index in [4.69, 9.17) is 21.2 Å². The van der Waals surface area contributed by atoms with Gasteiger partial charge in [-0.1, -0.05) is 18.2 Å². The summed E-state index contributed by atoms with van der Waals surface area (Å²) in [6, 6.07) is 9.33. The van der Waals surface area contributed by atoms with Crippen LogP contribution in [0.1, 0.15) is 67.4 Å². The Hall–Kier alpha value is -3.16. The van der Waals surface area contributed by atoms with Gasteiger partial charge in [0, 0.05) is 11.9 Å². The predicted octanol–water partition coefficient (Wildman–Crippen LogP) is 3.03. The number of hydrogen-bond acceptors (Lipinski definition) is 5. The molecular weight excluding hydrogens is 442 g/mol. The average Bonchev–Trinajstić information content (AvgIpc) is 2.83. The maximum Gasteiger partial charge on any atom is 0.328 e. The van der Waals surface area contributed by atoms with Crippen molar-refractivity contribution in [2.24, 2.45) is 34.2 Å². The first-order chi connectivity index (χ1) is 16.9. The average molecular weight is 478 g/mol. The van der Waals surface area contributed by atoms with E-state index in [9.17, 15) is 9.59 Å². The van der Waals surface area contributed by atoms with Crippen LogP contribution in [0.2, 0.25) is 0 Å². The molecule has 0 saturated heterocycles. The van der Waals surface area contributed by atoms with Gasteiger partial charge in [-0.25, -0.2) is 9.78 Å². The summed E-state index contributed by atoms with van der Waals surface area (Å²) in [5, 5.41) is 4.00. The van der Waals surface area contributed by atoms with Gasteiger partial charge in [0.05, 0.1) is 12.6 Å². The fourth-order valence-electron chi connectivity index (χ4n) is 7.30. The van der Waals surface area contributed by atoms with Gasteiger partial charge < -0.3 is 21.5 Å². The molecule has 8 heteroatoms. The molecule has 1 amide bonds. The maximum absolute atomic E-state index is 13.4. The van der Waals surface area contributed by atoms with Gasteiger partial charge in [-0.2, -0.15) is 0 Å². The van der Waals surface area contributed by atoms with Crippen LogP contribution in [0, 0.1) is 17.8 Å². The maximum atomic E-state index is 13.4. The number of benzene rings is 1. The molecule has 0 unspecified atom stereocenters. The van der Waals surface area contributed by atoms with E-state index in [1.165, 1.54) is 51.2 Å². The number of carbonyl (C=O) groups excluding carboxylic acids is 2. The second-order valence-corrected chi connectivity index (χ2v) is 10.8. The molecule has 0 aliphatic heterocycles. The number of nitrogens with two attached hydrogens (primary N) is 2. The highest BCUT2D eigenvalue weighted by Gasteiger charge is 2.52. The number of rotatable bonds is 8. The highest BCUT2D eigenvalue weighted by molar-refractivity contribution is 5.98. The SMILES string of the molecule is COC(=O)[C@H](CCCN=C(N)N)NC(=O)c1cc(C23CC4CC(CC(C4)C2)C3)c2ccccc2n1. The number of aromatic nitrogens is 1. The quantitative estimate of drug-likeness (QED) is 0.232. The Morgan fingerprint density at radius 3 is 2.43 bits per heavy atom. The number of methoxy groups -OCH3 is 1. The van der Waals surface area contributed by atoms with E-state index in [1.807, 2.05) is 18.2 Å². The molecule has 35 heavy (non-hydrogen) atoms. The molecule has 1 aromatic heterocycles. The zero-order valence-corrected chi connectivity index (χ0v) is 20.3. The van der Waals surface area contributed by atoms with Crippen LogP contribution < -0.4 is 16.8 Å². The van der Waals surface area contributed by atoms with Gasteiger partial charge in [0.25, 0.3) is 5.91 Å². The molecule has 1 heterocycles. The summed E-state index contributed by atoms with van der Waals surface area (Å²) in [6.45, 7) is 0.371. The van der Waals surface area contributed by atoms with Gasteiger partial charge >= 0.3 is 5.97 Å². The number of aliphatic imine (C=N–C) groups is 1. The minimum Gasteiger partial charge on any atom is -0.467 e. The number of pyridine rings is 1. The van der Waals surface area contributed by atoms with Crippen molar-refractivity contribution in [2.45, 2.75) is 62.8 Å². The number of amides is 1. The first kappa shape index (κ1) is 23.6. The minimum absolute atomic E-state index is 0.00113. The number of nitrogens with zero attached hydrogens (tertiary/aromatic N) is 2. The monoisotopic (exact) mass is 477 g/mol. The van der Waals surface area contributed by atoms with Gasteiger partial charge in [0.1, 0.15) is 11.7 Å². The Balaban J connectivity index is 1.44. The summed E-state index contributed by atoms with van der Waals surface area (Å²) in [7, 11) is 1.32. The molecule has 4 aliphatic rings. The lowest BCUT2D eigenvalue weighted by atomic mass is 9.48. The summed E-state index contributed by atoms with van der Waals surface area (Å²) >= 11 is 0. The fourth-order valence-corrected chi connectivity index (χ4v) is 7.30. The minimum atomic E-state index is -0.794. The van der Waals surface area contributed by atoms with Crippen molar-refractivity contribution in [1.29, 1.82) is 0 Å². The van der Waals surface area contributed by atoms with Crippen molar-refractivity contribution in [2.75, 3.05) is 13.7 Å². The van der Waals surface area contributed by atoms with Crippen molar-refractivity contribution in [3.05, 3.63) is 41.6 Å². The van der Waals surface area contributed by atoms with Crippen LogP contribution in [0.3, 0.4) is 0 Å². The Kier molecular flexibility index (Phi) is 6.38. The van der Waals surface area contributed by atoms with Crippen molar-refractivity contribution < 1.29 is 14.3 Å². The van der Waals surface area contributed by atoms with E-state index in [0.717, 1.165) is 28.7 Å². The molecule has 0 spiro atoms. The topological polar surface area (TPSA) is 133 Å². The summed E-state index contributed by atoms with van der Waals surface area (Å²) in [5.74, 6) is 1.52. The van der Waals surface area contributed by atoms with Crippen molar-refractivity contribution >= 4 is 28.7 Å². The number of para-hydroxylation sites is 1. The van der Waals surface area contributed by atoms with Crippen molar-refractivity contribution in [3.63, 3.8) is 0 Å². The molecule has 1 atom stereocenters. The van der Waals surface area contributed by atoms with Crippen LogP contribution in [0.5, 0.6) is 0 Å². The first-order valence-corrected chi connectivity index (χ1v) is 12.7. The summed E-state index contributed by atoms with van der Waals surface area (Å²) in [5.41, 5.74) is 13.3. The normalized spacial score (nSPS) is 27.4. The zero-order chi connectivity index (χ0) is 24.6. The Morgan fingerprint density at radius 2 is 1.80 bits per heavy atom. The summed E-state index contributed by atoms with van der Waals surface area (Å²) in [6.07, 6.45) is 8.56. The van der Waals surface area contributed by atoms with E-state index in [-0.39, 0.29) is 17.3 Å². The molecule has 2 aromatic rings. The summed E-state index contributed by atoms with van der Waals surface area (Å²) in [4.78, 5) is 34.4. The number of fused-ring (bicyclic) bond motifs is 1. The van der Waals surface area contributed by atoms with Crippen LogP contribution in [-0.4, -0.2) is 42.5 Å². The molecule has 8 nitrogen and oxygen atoms in total. The molecule has 5 N–H and O–H groups in total. The third kappa shape index (κ3) is 4.70. The van der Waals surface area contributed by atoms with E-state index in [1.54, 1.807) is 0 Å². The molecular formula is C27H35N5O3. The van der Waals surface area contributed by atoms with Crippen LogP contribution in [-0.2, 0) is 14.9 Å². The molecule has 6 rings (SSSR count).